The fourth-order valence-corrected chi connectivity index (χ4v) is 1.10. The Labute approximate surface area is 84.6 Å². The first kappa shape index (κ1) is 11.5. The van der Waals surface area contributed by atoms with Crippen LogP contribution < -0.4 is 15.2 Å². The molecular formula is C9H10F3NO2. The van der Waals surface area contributed by atoms with Gasteiger partial charge in [0.2, 0.25) is 0 Å². The zero-order valence-electron chi connectivity index (χ0n) is 8.18. The molecule has 0 amide bonds. The Morgan fingerprint density at radius 2 is 1.47 bits per heavy atom. The second-order valence-corrected chi connectivity index (χ2v) is 2.79. The number of hydrogen-bond donors (Lipinski definition) is 1. The van der Waals surface area contributed by atoms with E-state index in [1.165, 1.54) is 14.2 Å². The van der Waals surface area contributed by atoms with Crippen molar-refractivity contribution in [3.63, 3.8) is 0 Å². The van der Waals surface area contributed by atoms with Crippen molar-refractivity contribution in [2.75, 3.05) is 20.0 Å². The topological polar surface area (TPSA) is 44.5 Å². The van der Waals surface area contributed by atoms with E-state index < -0.39 is 11.7 Å². The van der Waals surface area contributed by atoms with Gasteiger partial charge < -0.3 is 15.2 Å². The highest BCUT2D eigenvalue weighted by Crippen LogP contribution is 2.39. The Bertz CT molecular complexity index is 338. The van der Waals surface area contributed by atoms with Gasteiger partial charge in [0.1, 0.15) is 17.2 Å². The lowest BCUT2D eigenvalue weighted by atomic mass is 10.1. The van der Waals surface area contributed by atoms with Crippen LogP contribution in [0.25, 0.3) is 0 Å². The van der Waals surface area contributed by atoms with Crippen LogP contribution in [0.1, 0.15) is 5.56 Å². The van der Waals surface area contributed by atoms with Crippen LogP contribution >= 0.6 is 0 Å². The minimum atomic E-state index is -4.45. The average Bonchev–Trinajstić information content (AvgIpc) is 2.16. The zero-order chi connectivity index (χ0) is 11.6. The van der Waals surface area contributed by atoms with Crippen LogP contribution in [0.15, 0.2) is 12.1 Å². The number of hydrogen-bond acceptors (Lipinski definition) is 3. The van der Waals surface area contributed by atoms with E-state index in [0.29, 0.717) is 0 Å². The molecule has 6 heteroatoms. The SMILES string of the molecule is COc1cc(C(F)(F)F)cc(OC)c1N. The molecule has 1 aromatic rings. The van der Waals surface area contributed by atoms with Gasteiger partial charge in [0.15, 0.2) is 0 Å². The normalized spacial score (nSPS) is 11.3. The molecule has 0 unspecified atom stereocenters. The molecule has 3 nitrogen and oxygen atoms in total. The molecule has 0 radical (unpaired) electrons. The maximum Gasteiger partial charge on any atom is 0.416 e. The van der Waals surface area contributed by atoms with Crippen LogP contribution in [-0.4, -0.2) is 14.2 Å². The molecule has 0 fully saturated rings. The van der Waals surface area contributed by atoms with Crippen LogP contribution in [-0.2, 0) is 6.18 Å². The van der Waals surface area contributed by atoms with Crippen molar-refractivity contribution in [1.82, 2.24) is 0 Å². The second kappa shape index (κ2) is 3.88. The van der Waals surface area contributed by atoms with Crippen molar-refractivity contribution in [2.45, 2.75) is 6.18 Å². The molecule has 1 rings (SSSR count). The molecule has 15 heavy (non-hydrogen) atoms. The van der Waals surface area contributed by atoms with Gasteiger partial charge in [-0.15, -0.1) is 0 Å². The van der Waals surface area contributed by atoms with E-state index in [2.05, 4.69) is 0 Å². The predicted octanol–water partition coefficient (Wildman–Crippen LogP) is 2.30. The number of rotatable bonds is 2. The summed E-state index contributed by atoms with van der Waals surface area (Å²) in [6, 6.07) is 1.66. The van der Waals surface area contributed by atoms with Gasteiger partial charge >= 0.3 is 6.18 Å². The van der Waals surface area contributed by atoms with E-state index in [-0.39, 0.29) is 17.2 Å². The van der Waals surface area contributed by atoms with Crippen LogP contribution in [0.5, 0.6) is 11.5 Å². The second-order valence-electron chi connectivity index (χ2n) is 2.79. The summed E-state index contributed by atoms with van der Waals surface area (Å²) in [5.41, 5.74) is 4.69. The Balaban J connectivity index is 3.33. The van der Waals surface area contributed by atoms with Gasteiger partial charge in [-0.1, -0.05) is 0 Å². The predicted molar refractivity (Wildman–Crippen MR) is 49.0 cm³/mol. The first-order valence-electron chi connectivity index (χ1n) is 3.99. The molecule has 0 aliphatic rings. The number of alkyl halides is 3. The van der Waals surface area contributed by atoms with E-state index >= 15 is 0 Å². The highest BCUT2D eigenvalue weighted by atomic mass is 19.4. The first-order chi connectivity index (χ1) is 6.90. The van der Waals surface area contributed by atoms with Gasteiger partial charge in [0.25, 0.3) is 0 Å². The monoisotopic (exact) mass is 221 g/mol. The summed E-state index contributed by atoms with van der Waals surface area (Å²) in [6.07, 6.45) is -4.45. The van der Waals surface area contributed by atoms with E-state index in [9.17, 15) is 13.2 Å². The third kappa shape index (κ3) is 2.26. The third-order valence-corrected chi connectivity index (χ3v) is 1.87. The van der Waals surface area contributed by atoms with E-state index in [1.807, 2.05) is 0 Å². The Hall–Kier alpha value is -1.59. The summed E-state index contributed by atoms with van der Waals surface area (Å²) in [5.74, 6) is -0.108. The number of anilines is 1. The molecule has 0 saturated carbocycles. The Morgan fingerprint density at radius 3 is 1.73 bits per heavy atom. The van der Waals surface area contributed by atoms with Crippen molar-refractivity contribution in [1.29, 1.82) is 0 Å². The number of nitrogen functional groups attached to an aromatic ring is 1. The van der Waals surface area contributed by atoms with Gasteiger partial charge in [0, 0.05) is 0 Å². The number of benzene rings is 1. The summed E-state index contributed by atoms with van der Waals surface area (Å²) >= 11 is 0. The van der Waals surface area contributed by atoms with Crippen molar-refractivity contribution in [3.05, 3.63) is 17.7 Å². The molecule has 0 bridgehead atoms. The minimum absolute atomic E-state index is 0.0491. The molecule has 1 aromatic carbocycles. The van der Waals surface area contributed by atoms with Crippen LogP contribution in [0.4, 0.5) is 18.9 Å². The van der Waals surface area contributed by atoms with Gasteiger partial charge in [-0.25, -0.2) is 0 Å². The van der Waals surface area contributed by atoms with E-state index in [0.717, 1.165) is 12.1 Å². The summed E-state index contributed by atoms with van der Waals surface area (Å²) in [4.78, 5) is 0. The summed E-state index contributed by atoms with van der Waals surface area (Å²) in [7, 11) is 2.48. The maximum absolute atomic E-state index is 12.4. The van der Waals surface area contributed by atoms with Crippen LogP contribution in [0, 0.1) is 0 Å². The van der Waals surface area contributed by atoms with Crippen molar-refractivity contribution < 1.29 is 22.6 Å². The number of ether oxygens (including phenoxy) is 2. The summed E-state index contributed by atoms with van der Waals surface area (Å²) < 4.78 is 46.6. The highest BCUT2D eigenvalue weighted by Gasteiger charge is 2.32. The molecule has 0 spiro atoms. The van der Waals surface area contributed by atoms with Crippen LogP contribution in [0.2, 0.25) is 0 Å². The number of halogens is 3. The fourth-order valence-electron chi connectivity index (χ4n) is 1.10. The van der Waals surface area contributed by atoms with Crippen molar-refractivity contribution >= 4 is 5.69 Å². The Kier molecular flexibility index (Phi) is 2.97. The minimum Gasteiger partial charge on any atom is -0.494 e. The zero-order valence-corrected chi connectivity index (χ0v) is 8.18. The van der Waals surface area contributed by atoms with E-state index in [4.69, 9.17) is 15.2 Å². The molecule has 0 atom stereocenters. The Morgan fingerprint density at radius 1 is 1.07 bits per heavy atom. The molecule has 84 valence electrons. The smallest absolute Gasteiger partial charge is 0.416 e. The lowest BCUT2D eigenvalue weighted by Crippen LogP contribution is -2.07. The van der Waals surface area contributed by atoms with E-state index in [1.54, 1.807) is 0 Å². The van der Waals surface area contributed by atoms with Gasteiger partial charge in [-0.3, -0.25) is 0 Å². The van der Waals surface area contributed by atoms with Gasteiger partial charge in [-0.2, -0.15) is 13.2 Å². The first-order valence-corrected chi connectivity index (χ1v) is 3.99. The fraction of sp³-hybridized carbons (Fsp3) is 0.333. The standard InChI is InChI=1S/C9H10F3NO2/c1-14-6-3-5(9(10,11)12)4-7(15-2)8(6)13/h3-4H,13H2,1-2H3. The summed E-state index contributed by atoms with van der Waals surface area (Å²) in [5, 5.41) is 0. The average molecular weight is 221 g/mol. The van der Waals surface area contributed by atoms with Crippen molar-refractivity contribution in [3.8, 4) is 11.5 Å². The van der Waals surface area contributed by atoms with Crippen molar-refractivity contribution in [2.24, 2.45) is 0 Å². The molecule has 0 aliphatic heterocycles. The lowest BCUT2D eigenvalue weighted by Gasteiger charge is -2.13. The third-order valence-electron chi connectivity index (χ3n) is 1.87. The lowest BCUT2D eigenvalue weighted by molar-refractivity contribution is -0.137. The molecule has 0 saturated heterocycles. The molecule has 0 heterocycles. The molecule has 0 aliphatic carbocycles. The van der Waals surface area contributed by atoms with Crippen LogP contribution in [0.3, 0.4) is 0 Å². The quantitative estimate of drug-likeness (QED) is 0.779. The number of nitrogens with two attached hydrogens (primary N) is 1. The molecule has 2 N–H and O–H groups in total. The largest absolute Gasteiger partial charge is 0.494 e. The maximum atomic E-state index is 12.4. The molecule has 0 aromatic heterocycles. The highest BCUT2D eigenvalue weighted by molar-refractivity contribution is 5.64. The van der Waals surface area contributed by atoms with Gasteiger partial charge in [-0.05, 0) is 12.1 Å². The summed E-state index contributed by atoms with van der Waals surface area (Å²) in [6.45, 7) is 0. The molecular weight excluding hydrogens is 211 g/mol. The number of methoxy groups -OCH3 is 2. The van der Waals surface area contributed by atoms with Gasteiger partial charge in [0.05, 0.1) is 19.8 Å².